The van der Waals surface area contributed by atoms with Crippen LogP contribution in [0.2, 0.25) is 0 Å². The van der Waals surface area contributed by atoms with E-state index in [0.717, 1.165) is 18.6 Å². The van der Waals surface area contributed by atoms with Gasteiger partial charge in [-0.3, -0.25) is 0 Å². The molecular formula is C15H22NO. The monoisotopic (exact) mass is 232 g/mol. The summed E-state index contributed by atoms with van der Waals surface area (Å²) in [4.78, 5) is 2.55. The average molecular weight is 232 g/mol. The number of piperidine rings is 1. The van der Waals surface area contributed by atoms with Crippen LogP contribution in [0.5, 0.6) is 5.75 Å². The van der Waals surface area contributed by atoms with Gasteiger partial charge in [-0.25, -0.2) is 0 Å². The Hall–Kier alpha value is -1.02. The predicted molar refractivity (Wildman–Crippen MR) is 70.3 cm³/mol. The molecule has 0 aromatic heterocycles. The summed E-state index contributed by atoms with van der Waals surface area (Å²) in [5, 5.41) is 0. The van der Waals surface area contributed by atoms with E-state index < -0.39 is 0 Å². The molecule has 0 unspecified atom stereocenters. The summed E-state index contributed by atoms with van der Waals surface area (Å²) in [5.41, 5.74) is 0. The SMILES string of the molecule is CCCCN1CCC(Oc2[c]cccc2)CC1. The van der Waals surface area contributed by atoms with Gasteiger partial charge in [0, 0.05) is 19.2 Å². The zero-order valence-electron chi connectivity index (χ0n) is 10.7. The second kappa shape index (κ2) is 6.65. The van der Waals surface area contributed by atoms with E-state index in [-0.39, 0.29) is 0 Å². The van der Waals surface area contributed by atoms with Crippen molar-refractivity contribution in [3.05, 3.63) is 30.3 Å². The molecule has 0 bridgehead atoms. The topological polar surface area (TPSA) is 12.5 Å². The Morgan fingerprint density at radius 1 is 1.35 bits per heavy atom. The van der Waals surface area contributed by atoms with Crippen molar-refractivity contribution in [3.63, 3.8) is 0 Å². The van der Waals surface area contributed by atoms with Crippen molar-refractivity contribution < 1.29 is 4.74 Å². The molecule has 1 aromatic rings. The molecule has 2 heteroatoms. The lowest BCUT2D eigenvalue weighted by molar-refractivity contribution is 0.0996. The fourth-order valence-corrected chi connectivity index (χ4v) is 2.26. The highest BCUT2D eigenvalue weighted by molar-refractivity contribution is 5.19. The van der Waals surface area contributed by atoms with Gasteiger partial charge in [-0.15, -0.1) is 0 Å². The molecule has 1 aliphatic heterocycles. The van der Waals surface area contributed by atoms with Crippen molar-refractivity contribution in [2.75, 3.05) is 19.6 Å². The van der Waals surface area contributed by atoms with Crippen LogP contribution in [0.4, 0.5) is 0 Å². The van der Waals surface area contributed by atoms with Gasteiger partial charge in [0.2, 0.25) is 0 Å². The van der Waals surface area contributed by atoms with E-state index in [1.165, 1.54) is 32.5 Å². The molecule has 0 saturated carbocycles. The molecule has 0 atom stereocenters. The molecule has 17 heavy (non-hydrogen) atoms. The number of hydrogen-bond acceptors (Lipinski definition) is 2. The number of rotatable bonds is 5. The summed E-state index contributed by atoms with van der Waals surface area (Å²) >= 11 is 0. The van der Waals surface area contributed by atoms with Crippen LogP contribution < -0.4 is 4.74 Å². The summed E-state index contributed by atoms with van der Waals surface area (Å²) in [6, 6.07) is 11.0. The molecule has 1 radical (unpaired) electrons. The number of hydrogen-bond donors (Lipinski definition) is 0. The molecule has 1 heterocycles. The van der Waals surface area contributed by atoms with Gasteiger partial charge in [-0.1, -0.05) is 31.5 Å². The van der Waals surface area contributed by atoms with Crippen LogP contribution in [-0.4, -0.2) is 30.6 Å². The molecule has 93 valence electrons. The number of likely N-dealkylation sites (tertiary alicyclic amines) is 1. The molecule has 1 fully saturated rings. The summed E-state index contributed by atoms with van der Waals surface area (Å²) in [7, 11) is 0. The molecule has 2 rings (SSSR count). The first kappa shape index (κ1) is 12.4. The third-order valence-corrected chi connectivity index (χ3v) is 3.34. The molecule has 1 aromatic carbocycles. The van der Waals surface area contributed by atoms with Crippen LogP contribution in [-0.2, 0) is 0 Å². The molecule has 1 saturated heterocycles. The predicted octanol–water partition coefficient (Wildman–Crippen LogP) is 3.13. The van der Waals surface area contributed by atoms with Crippen molar-refractivity contribution in [1.29, 1.82) is 0 Å². The highest BCUT2D eigenvalue weighted by Gasteiger charge is 2.19. The second-order valence-corrected chi connectivity index (χ2v) is 4.74. The van der Waals surface area contributed by atoms with Crippen LogP contribution in [0.25, 0.3) is 0 Å². The fourth-order valence-electron chi connectivity index (χ4n) is 2.26. The Morgan fingerprint density at radius 2 is 2.18 bits per heavy atom. The molecule has 1 aliphatic rings. The van der Waals surface area contributed by atoms with Gasteiger partial charge in [0.1, 0.15) is 11.9 Å². The van der Waals surface area contributed by atoms with Gasteiger partial charge >= 0.3 is 0 Å². The summed E-state index contributed by atoms with van der Waals surface area (Å²) in [6.07, 6.45) is 5.28. The van der Waals surface area contributed by atoms with Gasteiger partial charge < -0.3 is 9.64 Å². The summed E-state index contributed by atoms with van der Waals surface area (Å²) in [5.74, 6) is 0.888. The maximum Gasteiger partial charge on any atom is 0.127 e. The van der Waals surface area contributed by atoms with Crippen LogP contribution in [0.1, 0.15) is 32.6 Å². The number of benzene rings is 1. The highest BCUT2D eigenvalue weighted by atomic mass is 16.5. The van der Waals surface area contributed by atoms with E-state index in [4.69, 9.17) is 4.74 Å². The van der Waals surface area contributed by atoms with Crippen molar-refractivity contribution in [1.82, 2.24) is 4.90 Å². The standard InChI is InChI=1S/C15H22NO/c1-2-3-11-16-12-9-15(10-13-16)17-14-7-5-4-6-8-14/h4-7,15H,2-3,9-13H2,1H3. The van der Waals surface area contributed by atoms with Gasteiger partial charge in [-0.2, -0.15) is 0 Å². The van der Waals surface area contributed by atoms with Crippen LogP contribution >= 0.6 is 0 Å². The molecule has 0 spiro atoms. The van der Waals surface area contributed by atoms with E-state index in [1.807, 2.05) is 24.3 Å². The van der Waals surface area contributed by atoms with E-state index >= 15 is 0 Å². The van der Waals surface area contributed by atoms with E-state index in [0.29, 0.717) is 6.10 Å². The van der Waals surface area contributed by atoms with Crippen molar-refractivity contribution in [3.8, 4) is 5.75 Å². The fraction of sp³-hybridized carbons (Fsp3) is 0.600. The largest absolute Gasteiger partial charge is 0.490 e. The van der Waals surface area contributed by atoms with Crippen LogP contribution in [0.3, 0.4) is 0 Å². The van der Waals surface area contributed by atoms with Gasteiger partial charge in [0.15, 0.2) is 0 Å². The van der Waals surface area contributed by atoms with Crippen molar-refractivity contribution in [2.24, 2.45) is 0 Å². The molecular weight excluding hydrogens is 210 g/mol. The number of ether oxygens (including phenoxy) is 1. The van der Waals surface area contributed by atoms with E-state index in [1.54, 1.807) is 0 Å². The maximum atomic E-state index is 5.93. The zero-order chi connectivity index (χ0) is 11.9. The molecule has 0 amide bonds. The minimum absolute atomic E-state index is 0.381. The average Bonchev–Trinajstić information content (AvgIpc) is 2.39. The van der Waals surface area contributed by atoms with E-state index in [9.17, 15) is 0 Å². The van der Waals surface area contributed by atoms with Crippen LogP contribution in [0, 0.1) is 6.07 Å². The summed E-state index contributed by atoms with van der Waals surface area (Å²) < 4.78 is 5.93. The normalized spacial score (nSPS) is 18.2. The quantitative estimate of drug-likeness (QED) is 0.773. The minimum atomic E-state index is 0.381. The Morgan fingerprint density at radius 3 is 2.82 bits per heavy atom. The smallest absolute Gasteiger partial charge is 0.127 e. The van der Waals surface area contributed by atoms with E-state index in [2.05, 4.69) is 17.9 Å². The molecule has 0 aliphatic carbocycles. The maximum absolute atomic E-state index is 5.93. The lowest BCUT2D eigenvalue weighted by Crippen LogP contribution is -2.38. The number of unbranched alkanes of at least 4 members (excludes halogenated alkanes) is 1. The van der Waals surface area contributed by atoms with Crippen molar-refractivity contribution in [2.45, 2.75) is 38.7 Å². The second-order valence-electron chi connectivity index (χ2n) is 4.74. The first-order chi connectivity index (χ1) is 8.38. The molecule has 0 N–H and O–H groups in total. The summed E-state index contributed by atoms with van der Waals surface area (Å²) in [6.45, 7) is 5.86. The lowest BCUT2D eigenvalue weighted by atomic mass is 10.1. The van der Waals surface area contributed by atoms with Gasteiger partial charge in [0.05, 0.1) is 0 Å². The first-order valence-electron chi connectivity index (χ1n) is 6.74. The Balaban J connectivity index is 1.72. The van der Waals surface area contributed by atoms with Gasteiger partial charge in [0.25, 0.3) is 0 Å². The van der Waals surface area contributed by atoms with Gasteiger partial charge in [-0.05, 0) is 31.9 Å². The number of para-hydroxylation sites is 1. The Labute approximate surface area is 105 Å². The zero-order valence-corrected chi connectivity index (χ0v) is 10.7. The third kappa shape index (κ3) is 4.04. The minimum Gasteiger partial charge on any atom is -0.490 e. The van der Waals surface area contributed by atoms with Crippen LogP contribution in [0.15, 0.2) is 24.3 Å². The molecule has 2 nitrogen and oxygen atoms in total. The third-order valence-electron chi connectivity index (χ3n) is 3.34. The lowest BCUT2D eigenvalue weighted by Gasteiger charge is -2.32. The Kier molecular flexibility index (Phi) is 4.87. The Bertz CT molecular complexity index is 304. The first-order valence-corrected chi connectivity index (χ1v) is 6.74. The highest BCUT2D eigenvalue weighted by Crippen LogP contribution is 2.18. The number of nitrogens with zero attached hydrogens (tertiary/aromatic N) is 1. The van der Waals surface area contributed by atoms with Crippen molar-refractivity contribution >= 4 is 0 Å².